The minimum Gasteiger partial charge on any atom is -0.378 e. The molecule has 1 saturated heterocycles. The Balaban J connectivity index is 2.17. The van der Waals surface area contributed by atoms with E-state index in [0.29, 0.717) is 12.1 Å². The van der Waals surface area contributed by atoms with Gasteiger partial charge in [0, 0.05) is 12.6 Å². The van der Waals surface area contributed by atoms with Crippen molar-refractivity contribution in [1.82, 2.24) is 5.32 Å². The summed E-state index contributed by atoms with van der Waals surface area (Å²) in [5, 5.41) is 3.47. The van der Waals surface area contributed by atoms with Crippen molar-refractivity contribution in [3.63, 3.8) is 0 Å². The second kappa shape index (κ2) is 8.10. The van der Waals surface area contributed by atoms with Gasteiger partial charge in [0.1, 0.15) is 0 Å². The monoisotopic (exact) mass is 241 g/mol. The molecule has 1 fully saturated rings. The van der Waals surface area contributed by atoms with E-state index >= 15 is 0 Å². The molecule has 2 nitrogen and oxygen atoms in total. The maximum atomic E-state index is 5.69. The predicted molar refractivity (Wildman–Crippen MR) is 74.3 cm³/mol. The van der Waals surface area contributed by atoms with Crippen LogP contribution < -0.4 is 5.32 Å². The third-order valence-electron chi connectivity index (χ3n) is 3.83. The van der Waals surface area contributed by atoms with E-state index in [4.69, 9.17) is 4.74 Å². The molecule has 0 aromatic heterocycles. The van der Waals surface area contributed by atoms with E-state index in [1.807, 2.05) is 0 Å². The zero-order valence-electron chi connectivity index (χ0n) is 12.2. The van der Waals surface area contributed by atoms with E-state index < -0.39 is 0 Å². The lowest BCUT2D eigenvalue weighted by molar-refractivity contribution is 0.0988. The van der Waals surface area contributed by atoms with Gasteiger partial charge < -0.3 is 10.1 Å². The second-order valence-corrected chi connectivity index (χ2v) is 6.17. The summed E-state index contributed by atoms with van der Waals surface area (Å²) in [5.74, 6) is 1.65. The molecule has 1 N–H and O–H groups in total. The zero-order chi connectivity index (χ0) is 12.7. The van der Waals surface area contributed by atoms with Crippen molar-refractivity contribution in [1.29, 1.82) is 0 Å². The first-order valence-electron chi connectivity index (χ1n) is 7.40. The Hall–Kier alpha value is -0.0800. The number of hydrogen-bond acceptors (Lipinski definition) is 2. The molecule has 1 heterocycles. The lowest BCUT2D eigenvalue weighted by atomic mass is 9.90. The van der Waals surface area contributed by atoms with Crippen molar-refractivity contribution in [2.45, 2.75) is 71.4 Å². The number of rotatable bonds is 8. The Morgan fingerprint density at radius 3 is 2.53 bits per heavy atom. The molecule has 1 aliphatic rings. The molecule has 2 heteroatoms. The predicted octanol–water partition coefficient (Wildman–Crippen LogP) is 3.61. The van der Waals surface area contributed by atoms with E-state index in [1.165, 1.54) is 38.5 Å². The van der Waals surface area contributed by atoms with E-state index in [1.54, 1.807) is 0 Å². The van der Waals surface area contributed by atoms with Crippen LogP contribution in [0.2, 0.25) is 0 Å². The summed E-state index contributed by atoms with van der Waals surface area (Å²) in [6.45, 7) is 8.00. The van der Waals surface area contributed by atoms with Gasteiger partial charge in [-0.15, -0.1) is 0 Å². The molecule has 17 heavy (non-hydrogen) atoms. The standard InChI is InChI=1S/C15H31NO/c1-12(2)10-13(3)11-14(16-4)7-8-15-6-5-9-17-15/h12-16H,5-11H2,1-4H3. The largest absolute Gasteiger partial charge is 0.378 e. The quantitative estimate of drug-likeness (QED) is 0.701. The maximum Gasteiger partial charge on any atom is 0.0576 e. The fourth-order valence-electron chi connectivity index (χ4n) is 3.03. The normalized spacial score (nSPS) is 24.2. The molecule has 0 amide bonds. The summed E-state index contributed by atoms with van der Waals surface area (Å²) in [4.78, 5) is 0. The molecule has 3 atom stereocenters. The van der Waals surface area contributed by atoms with E-state index in [2.05, 4.69) is 33.1 Å². The summed E-state index contributed by atoms with van der Waals surface area (Å²) in [5.41, 5.74) is 0. The van der Waals surface area contributed by atoms with Crippen LogP contribution in [0, 0.1) is 11.8 Å². The Morgan fingerprint density at radius 1 is 1.24 bits per heavy atom. The van der Waals surface area contributed by atoms with Crippen molar-refractivity contribution in [2.24, 2.45) is 11.8 Å². The third-order valence-corrected chi connectivity index (χ3v) is 3.83. The summed E-state index contributed by atoms with van der Waals surface area (Å²) < 4.78 is 5.69. The average molecular weight is 241 g/mol. The first-order valence-corrected chi connectivity index (χ1v) is 7.40. The van der Waals surface area contributed by atoms with Gasteiger partial charge in [-0.3, -0.25) is 0 Å². The highest BCUT2D eigenvalue weighted by Crippen LogP contribution is 2.22. The molecule has 0 saturated carbocycles. The van der Waals surface area contributed by atoms with Crippen molar-refractivity contribution in [3.8, 4) is 0 Å². The highest BCUT2D eigenvalue weighted by molar-refractivity contribution is 4.73. The number of nitrogens with one attached hydrogen (secondary N) is 1. The fraction of sp³-hybridized carbons (Fsp3) is 1.00. The van der Waals surface area contributed by atoms with Crippen LogP contribution in [0.3, 0.4) is 0 Å². The zero-order valence-corrected chi connectivity index (χ0v) is 12.2. The highest BCUT2D eigenvalue weighted by Gasteiger charge is 2.18. The third kappa shape index (κ3) is 6.42. The van der Waals surface area contributed by atoms with Gasteiger partial charge in [0.05, 0.1) is 6.10 Å². The topological polar surface area (TPSA) is 21.3 Å². The number of ether oxygens (including phenoxy) is 1. The fourth-order valence-corrected chi connectivity index (χ4v) is 3.03. The summed E-state index contributed by atoms with van der Waals surface area (Å²) in [7, 11) is 2.10. The van der Waals surface area contributed by atoms with Crippen molar-refractivity contribution < 1.29 is 4.74 Å². The van der Waals surface area contributed by atoms with Crippen LogP contribution in [0.1, 0.15) is 59.3 Å². The molecule has 1 rings (SSSR count). The second-order valence-electron chi connectivity index (χ2n) is 6.17. The Bertz CT molecular complexity index is 187. The highest BCUT2D eigenvalue weighted by atomic mass is 16.5. The average Bonchev–Trinajstić information content (AvgIpc) is 2.75. The first kappa shape index (κ1) is 15.0. The van der Waals surface area contributed by atoms with Crippen LogP contribution in [-0.2, 0) is 4.74 Å². The lowest BCUT2D eigenvalue weighted by Crippen LogP contribution is -2.28. The van der Waals surface area contributed by atoms with Crippen LogP contribution >= 0.6 is 0 Å². The molecule has 0 radical (unpaired) electrons. The summed E-state index contributed by atoms with van der Waals surface area (Å²) in [6.07, 6.45) is 8.24. The number of hydrogen-bond donors (Lipinski definition) is 1. The molecular weight excluding hydrogens is 210 g/mol. The van der Waals surface area contributed by atoms with Gasteiger partial charge in [0.25, 0.3) is 0 Å². The Kier molecular flexibility index (Phi) is 7.14. The van der Waals surface area contributed by atoms with Crippen LogP contribution in [0.4, 0.5) is 0 Å². The molecule has 102 valence electrons. The molecule has 1 aliphatic heterocycles. The minimum atomic E-state index is 0.547. The summed E-state index contributed by atoms with van der Waals surface area (Å²) in [6, 6.07) is 0.674. The van der Waals surface area contributed by atoms with Gasteiger partial charge >= 0.3 is 0 Å². The van der Waals surface area contributed by atoms with Crippen LogP contribution in [0.25, 0.3) is 0 Å². The van der Waals surface area contributed by atoms with E-state index in [-0.39, 0.29) is 0 Å². The van der Waals surface area contributed by atoms with Crippen molar-refractivity contribution >= 4 is 0 Å². The molecule has 0 aromatic rings. The molecular formula is C15H31NO. The van der Waals surface area contributed by atoms with Gasteiger partial charge in [0.15, 0.2) is 0 Å². The summed E-state index contributed by atoms with van der Waals surface area (Å²) >= 11 is 0. The first-order chi connectivity index (χ1) is 8.11. The minimum absolute atomic E-state index is 0.547. The van der Waals surface area contributed by atoms with Gasteiger partial charge in [-0.1, -0.05) is 20.8 Å². The van der Waals surface area contributed by atoms with Gasteiger partial charge in [-0.25, -0.2) is 0 Å². The molecule has 0 spiro atoms. The molecule has 0 aliphatic carbocycles. The van der Waals surface area contributed by atoms with E-state index in [9.17, 15) is 0 Å². The van der Waals surface area contributed by atoms with Gasteiger partial charge in [-0.05, 0) is 57.4 Å². The lowest BCUT2D eigenvalue weighted by Gasteiger charge is -2.23. The van der Waals surface area contributed by atoms with Crippen LogP contribution in [0.15, 0.2) is 0 Å². The van der Waals surface area contributed by atoms with Crippen LogP contribution in [0.5, 0.6) is 0 Å². The van der Waals surface area contributed by atoms with Gasteiger partial charge in [0.2, 0.25) is 0 Å². The Labute approximate surface area is 108 Å². The van der Waals surface area contributed by atoms with E-state index in [0.717, 1.165) is 18.4 Å². The van der Waals surface area contributed by atoms with Crippen molar-refractivity contribution in [3.05, 3.63) is 0 Å². The SMILES string of the molecule is CNC(CCC1CCCO1)CC(C)CC(C)C. The maximum absolute atomic E-state index is 5.69. The molecule has 0 bridgehead atoms. The van der Waals surface area contributed by atoms with Gasteiger partial charge in [-0.2, -0.15) is 0 Å². The Morgan fingerprint density at radius 2 is 2.00 bits per heavy atom. The molecule has 0 aromatic carbocycles. The molecule has 3 unspecified atom stereocenters. The smallest absolute Gasteiger partial charge is 0.0576 e. The van der Waals surface area contributed by atoms with Crippen molar-refractivity contribution in [2.75, 3.05) is 13.7 Å². The van der Waals surface area contributed by atoms with Crippen LogP contribution in [-0.4, -0.2) is 25.8 Å².